The van der Waals surface area contributed by atoms with Crippen LogP contribution in [0.3, 0.4) is 0 Å². The van der Waals surface area contributed by atoms with Crippen molar-refractivity contribution in [2.24, 2.45) is 0 Å². The Hall–Kier alpha value is -2.00. The van der Waals surface area contributed by atoms with Crippen molar-refractivity contribution < 1.29 is 8.42 Å². The number of nitrogens with one attached hydrogen (secondary N) is 2. The molecule has 0 saturated carbocycles. The maximum absolute atomic E-state index is 12.3. The van der Waals surface area contributed by atoms with E-state index in [2.05, 4.69) is 25.3 Å². The van der Waals surface area contributed by atoms with E-state index in [0.29, 0.717) is 5.56 Å². The van der Waals surface area contributed by atoms with Gasteiger partial charge in [0.1, 0.15) is 4.90 Å². The molecule has 0 spiro atoms. The number of rotatable bonds is 4. The van der Waals surface area contributed by atoms with Crippen LogP contribution in [0.1, 0.15) is 24.4 Å². The van der Waals surface area contributed by atoms with E-state index >= 15 is 0 Å². The Morgan fingerprint density at radius 3 is 2.74 bits per heavy atom. The van der Waals surface area contributed by atoms with E-state index in [-0.39, 0.29) is 16.4 Å². The summed E-state index contributed by atoms with van der Waals surface area (Å²) in [5.41, 5.74) is 6.51. The number of anilines is 1. The zero-order chi connectivity index (χ0) is 14.0. The van der Waals surface area contributed by atoms with Crippen LogP contribution in [-0.2, 0) is 10.0 Å². The summed E-state index contributed by atoms with van der Waals surface area (Å²) in [7, 11) is -3.74. The van der Waals surface area contributed by atoms with Gasteiger partial charge in [0.25, 0.3) is 0 Å². The molecule has 2 aromatic rings. The Labute approximate surface area is 110 Å². The van der Waals surface area contributed by atoms with Gasteiger partial charge in [0.05, 0.1) is 11.7 Å². The number of aryl methyl sites for hydroxylation is 1. The molecule has 8 nitrogen and oxygen atoms in total. The third-order valence-corrected chi connectivity index (χ3v) is 4.35. The largest absolute Gasteiger partial charge is 0.398 e. The van der Waals surface area contributed by atoms with Crippen molar-refractivity contribution in [1.82, 2.24) is 25.3 Å². The van der Waals surface area contributed by atoms with Crippen molar-refractivity contribution in [2.75, 3.05) is 5.73 Å². The number of aromatic amines is 1. The lowest BCUT2D eigenvalue weighted by atomic mass is 10.2. The zero-order valence-corrected chi connectivity index (χ0v) is 11.3. The predicted molar refractivity (Wildman–Crippen MR) is 68.5 cm³/mol. The first-order valence-electron chi connectivity index (χ1n) is 5.52. The number of nitrogens with zero attached hydrogens (tertiary/aromatic N) is 3. The van der Waals surface area contributed by atoms with Gasteiger partial charge in [-0.1, -0.05) is 17.3 Å². The SMILES string of the molecule is Cc1cccc(N)c1S(=O)(=O)NC(C)c1nn[nH]n1. The minimum Gasteiger partial charge on any atom is -0.398 e. The fourth-order valence-electron chi connectivity index (χ4n) is 1.74. The number of nitrogen functional groups attached to an aromatic ring is 1. The van der Waals surface area contributed by atoms with Crippen LogP contribution in [0.25, 0.3) is 0 Å². The molecule has 0 fully saturated rings. The van der Waals surface area contributed by atoms with Gasteiger partial charge in [0.2, 0.25) is 10.0 Å². The van der Waals surface area contributed by atoms with Crippen LogP contribution in [0.15, 0.2) is 23.1 Å². The van der Waals surface area contributed by atoms with Crippen LogP contribution in [0, 0.1) is 6.92 Å². The fraction of sp³-hybridized carbons (Fsp3) is 0.300. The molecule has 0 radical (unpaired) electrons. The fourth-order valence-corrected chi connectivity index (χ4v) is 3.30. The van der Waals surface area contributed by atoms with E-state index in [0.717, 1.165) is 0 Å². The molecule has 0 amide bonds. The summed E-state index contributed by atoms with van der Waals surface area (Å²) in [4.78, 5) is 0.0744. The Kier molecular flexibility index (Phi) is 3.49. The number of nitrogens with two attached hydrogens (primary N) is 1. The van der Waals surface area contributed by atoms with Crippen LogP contribution in [0.5, 0.6) is 0 Å². The second kappa shape index (κ2) is 4.94. The first-order valence-corrected chi connectivity index (χ1v) is 7.01. The number of sulfonamides is 1. The third kappa shape index (κ3) is 2.71. The van der Waals surface area contributed by atoms with Gasteiger partial charge in [0, 0.05) is 0 Å². The van der Waals surface area contributed by atoms with Crippen molar-refractivity contribution in [3.8, 4) is 0 Å². The second-order valence-electron chi connectivity index (χ2n) is 4.11. The molecule has 0 aliphatic rings. The molecule has 1 heterocycles. The molecule has 1 unspecified atom stereocenters. The van der Waals surface area contributed by atoms with E-state index in [1.807, 2.05) is 0 Å². The van der Waals surface area contributed by atoms with Crippen LogP contribution in [0.4, 0.5) is 5.69 Å². The summed E-state index contributed by atoms with van der Waals surface area (Å²) < 4.78 is 27.1. The van der Waals surface area contributed by atoms with Gasteiger partial charge in [-0.15, -0.1) is 10.2 Å². The maximum Gasteiger partial charge on any atom is 0.243 e. The van der Waals surface area contributed by atoms with E-state index in [1.165, 1.54) is 0 Å². The number of aromatic nitrogens is 4. The van der Waals surface area contributed by atoms with Crippen molar-refractivity contribution in [2.45, 2.75) is 24.8 Å². The highest BCUT2D eigenvalue weighted by Gasteiger charge is 2.24. The lowest BCUT2D eigenvalue weighted by Gasteiger charge is -2.14. The molecule has 1 atom stereocenters. The number of benzene rings is 1. The van der Waals surface area contributed by atoms with Crippen molar-refractivity contribution in [1.29, 1.82) is 0 Å². The van der Waals surface area contributed by atoms with Gasteiger partial charge in [-0.3, -0.25) is 0 Å². The summed E-state index contributed by atoms with van der Waals surface area (Å²) in [6.07, 6.45) is 0. The molecule has 19 heavy (non-hydrogen) atoms. The molecule has 0 aliphatic heterocycles. The van der Waals surface area contributed by atoms with E-state index in [4.69, 9.17) is 5.73 Å². The highest BCUT2D eigenvalue weighted by molar-refractivity contribution is 7.89. The van der Waals surface area contributed by atoms with E-state index in [9.17, 15) is 8.42 Å². The topological polar surface area (TPSA) is 127 Å². The smallest absolute Gasteiger partial charge is 0.243 e. The average molecular weight is 282 g/mol. The van der Waals surface area contributed by atoms with Gasteiger partial charge in [-0.2, -0.15) is 5.21 Å². The highest BCUT2D eigenvalue weighted by atomic mass is 32.2. The molecule has 4 N–H and O–H groups in total. The Balaban J connectivity index is 2.33. The number of tetrazole rings is 1. The molecule has 102 valence electrons. The molecule has 0 aliphatic carbocycles. The molecule has 0 bridgehead atoms. The van der Waals surface area contributed by atoms with Gasteiger partial charge in [-0.05, 0) is 25.5 Å². The minimum atomic E-state index is -3.74. The normalized spacial score (nSPS) is 13.4. The standard InChI is InChI=1S/C10H14N6O2S/c1-6-4-3-5-8(11)9(6)19(17,18)14-7(2)10-12-15-16-13-10/h3-5,7,14H,11H2,1-2H3,(H,12,13,15,16). The maximum atomic E-state index is 12.3. The summed E-state index contributed by atoms with van der Waals surface area (Å²) in [5, 5.41) is 13.1. The minimum absolute atomic E-state index is 0.0744. The van der Waals surface area contributed by atoms with Crippen molar-refractivity contribution >= 4 is 15.7 Å². The summed E-state index contributed by atoms with van der Waals surface area (Å²) >= 11 is 0. The quantitative estimate of drug-likeness (QED) is 0.684. The number of H-pyrrole nitrogens is 1. The summed E-state index contributed by atoms with van der Waals surface area (Å²) in [6, 6.07) is 4.32. The Morgan fingerprint density at radius 2 is 2.16 bits per heavy atom. The summed E-state index contributed by atoms with van der Waals surface area (Å²) in [5.74, 6) is 0.260. The van der Waals surface area contributed by atoms with Gasteiger partial charge in [0.15, 0.2) is 5.82 Å². The second-order valence-corrected chi connectivity index (χ2v) is 5.76. The Morgan fingerprint density at radius 1 is 1.42 bits per heavy atom. The number of hydrogen-bond donors (Lipinski definition) is 3. The molecular weight excluding hydrogens is 268 g/mol. The molecular formula is C10H14N6O2S. The molecule has 1 aromatic heterocycles. The van der Waals surface area contributed by atoms with E-state index < -0.39 is 16.1 Å². The monoisotopic (exact) mass is 282 g/mol. The summed E-state index contributed by atoms with van der Waals surface area (Å²) in [6.45, 7) is 3.31. The first-order chi connectivity index (χ1) is 8.92. The van der Waals surface area contributed by atoms with Crippen molar-refractivity contribution in [3.63, 3.8) is 0 Å². The molecule has 9 heteroatoms. The van der Waals surface area contributed by atoms with Gasteiger partial charge in [-0.25, -0.2) is 13.1 Å². The zero-order valence-electron chi connectivity index (χ0n) is 10.5. The van der Waals surface area contributed by atoms with E-state index in [1.54, 1.807) is 32.0 Å². The Bertz CT molecular complexity index is 647. The number of hydrogen-bond acceptors (Lipinski definition) is 6. The molecule has 2 rings (SSSR count). The van der Waals surface area contributed by atoms with Crippen LogP contribution in [-0.4, -0.2) is 29.0 Å². The lowest BCUT2D eigenvalue weighted by molar-refractivity contribution is 0.560. The van der Waals surface area contributed by atoms with Crippen LogP contribution >= 0.6 is 0 Å². The lowest BCUT2D eigenvalue weighted by Crippen LogP contribution is -2.28. The average Bonchev–Trinajstić information content (AvgIpc) is 2.80. The highest BCUT2D eigenvalue weighted by Crippen LogP contribution is 2.23. The van der Waals surface area contributed by atoms with Crippen molar-refractivity contribution in [3.05, 3.63) is 29.6 Å². The van der Waals surface area contributed by atoms with Crippen LogP contribution in [0.2, 0.25) is 0 Å². The molecule has 1 aromatic carbocycles. The van der Waals surface area contributed by atoms with Gasteiger partial charge < -0.3 is 5.73 Å². The first kappa shape index (κ1) is 13.4. The molecule has 0 saturated heterocycles. The third-order valence-electron chi connectivity index (χ3n) is 2.59. The van der Waals surface area contributed by atoms with Crippen LogP contribution < -0.4 is 10.5 Å². The predicted octanol–water partition coefficient (Wildman–Crippen LogP) is 0.130. The van der Waals surface area contributed by atoms with Gasteiger partial charge >= 0.3 is 0 Å².